The van der Waals surface area contributed by atoms with Crippen molar-refractivity contribution in [2.75, 3.05) is 5.73 Å². The van der Waals surface area contributed by atoms with Crippen LogP contribution in [0.2, 0.25) is 0 Å². The number of fused-ring (bicyclic) bond motifs is 1. The summed E-state index contributed by atoms with van der Waals surface area (Å²) in [6.45, 7) is 2.32. The van der Waals surface area contributed by atoms with E-state index in [0.717, 1.165) is 17.2 Å². The van der Waals surface area contributed by atoms with E-state index >= 15 is 0 Å². The van der Waals surface area contributed by atoms with Crippen LogP contribution in [0.25, 0.3) is 11.0 Å². The maximum Gasteiger partial charge on any atom is 0.201 e. The molecule has 3 aromatic rings. The van der Waals surface area contributed by atoms with Crippen LogP contribution in [0.3, 0.4) is 0 Å². The number of rotatable bonds is 2. The first kappa shape index (κ1) is 12.6. The molecule has 0 radical (unpaired) electrons. The van der Waals surface area contributed by atoms with Gasteiger partial charge in [-0.2, -0.15) is 0 Å². The third-order valence-electron chi connectivity index (χ3n) is 3.25. The number of aryl methyl sites for hydroxylation is 1. The number of hydrogen-bond donors (Lipinski definition) is 1. The summed E-state index contributed by atoms with van der Waals surface area (Å²) in [7, 11) is 0. The van der Waals surface area contributed by atoms with Gasteiger partial charge in [0.1, 0.15) is 5.52 Å². The third-order valence-corrected chi connectivity index (χ3v) is 3.25. The van der Waals surface area contributed by atoms with Gasteiger partial charge in [0.2, 0.25) is 5.95 Å². The van der Waals surface area contributed by atoms with Gasteiger partial charge in [-0.3, -0.25) is 0 Å². The van der Waals surface area contributed by atoms with Crippen LogP contribution in [0.1, 0.15) is 11.1 Å². The molecule has 0 aliphatic rings. The zero-order chi connectivity index (χ0) is 14.3. The molecule has 3 nitrogen and oxygen atoms in total. The Bertz CT molecular complexity index is 793. The van der Waals surface area contributed by atoms with Gasteiger partial charge in [-0.15, -0.1) is 0 Å². The van der Waals surface area contributed by atoms with E-state index in [9.17, 15) is 8.78 Å². The minimum absolute atomic E-state index is 0.101. The number of nitrogen functional groups attached to an aromatic ring is 1. The van der Waals surface area contributed by atoms with Crippen LogP contribution in [0, 0.1) is 18.6 Å². The third kappa shape index (κ3) is 2.01. The van der Waals surface area contributed by atoms with Gasteiger partial charge in [-0.1, -0.05) is 29.8 Å². The predicted octanol–water partition coefficient (Wildman–Crippen LogP) is 3.25. The first-order valence-electron chi connectivity index (χ1n) is 6.21. The average Bonchev–Trinajstić information content (AvgIpc) is 2.72. The molecule has 0 spiro atoms. The Morgan fingerprint density at radius 1 is 1.20 bits per heavy atom. The smallest absolute Gasteiger partial charge is 0.201 e. The Kier molecular flexibility index (Phi) is 2.89. The molecule has 102 valence electrons. The van der Waals surface area contributed by atoms with Crippen LogP contribution >= 0.6 is 0 Å². The van der Waals surface area contributed by atoms with E-state index in [-0.39, 0.29) is 11.5 Å². The molecule has 5 heteroatoms. The fraction of sp³-hybridized carbons (Fsp3) is 0.133. The summed E-state index contributed by atoms with van der Waals surface area (Å²) >= 11 is 0. The summed E-state index contributed by atoms with van der Waals surface area (Å²) in [6.07, 6.45) is 0. The number of anilines is 1. The normalized spacial score (nSPS) is 11.2. The van der Waals surface area contributed by atoms with Crippen LogP contribution in [0.15, 0.2) is 36.4 Å². The summed E-state index contributed by atoms with van der Waals surface area (Å²) in [5.41, 5.74) is 8.33. The monoisotopic (exact) mass is 273 g/mol. The lowest BCUT2D eigenvalue weighted by atomic mass is 10.1. The first-order valence-corrected chi connectivity index (χ1v) is 6.21. The quantitative estimate of drug-likeness (QED) is 0.779. The molecule has 0 bridgehead atoms. The Labute approximate surface area is 114 Å². The van der Waals surface area contributed by atoms with Crippen molar-refractivity contribution in [2.24, 2.45) is 0 Å². The number of halogens is 2. The van der Waals surface area contributed by atoms with Crippen molar-refractivity contribution in [3.8, 4) is 0 Å². The highest BCUT2D eigenvalue weighted by Crippen LogP contribution is 2.24. The lowest BCUT2D eigenvalue weighted by Gasteiger charge is -2.08. The van der Waals surface area contributed by atoms with E-state index in [0.29, 0.717) is 12.1 Å². The number of nitrogens with two attached hydrogens (primary N) is 1. The van der Waals surface area contributed by atoms with E-state index in [2.05, 4.69) is 4.98 Å². The predicted molar refractivity (Wildman–Crippen MR) is 74.3 cm³/mol. The molecule has 1 heterocycles. The molecule has 0 aliphatic heterocycles. The number of hydrogen-bond acceptors (Lipinski definition) is 2. The molecular weight excluding hydrogens is 260 g/mol. The topological polar surface area (TPSA) is 43.8 Å². The standard InChI is InChI=1S/C15H13F2N3/c1-9-3-2-4-10(7-9)8-20-14-12(19-15(20)18)6-5-11(16)13(14)17/h2-7H,8H2,1H3,(H2,18,19). The SMILES string of the molecule is Cc1cccc(Cn2c(N)nc3ccc(F)c(F)c32)c1. The van der Waals surface area contributed by atoms with Crippen molar-refractivity contribution in [3.05, 3.63) is 59.2 Å². The molecular formula is C15H13F2N3. The fourth-order valence-electron chi connectivity index (χ4n) is 2.33. The van der Waals surface area contributed by atoms with Crippen molar-refractivity contribution < 1.29 is 8.78 Å². The van der Waals surface area contributed by atoms with E-state index < -0.39 is 11.6 Å². The minimum atomic E-state index is -0.917. The Balaban J connectivity index is 2.16. The largest absolute Gasteiger partial charge is 0.369 e. The minimum Gasteiger partial charge on any atom is -0.369 e. The molecule has 0 fully saturated rings. The van der Waals surface area contributed by atoms with E-state index in [1.54, 1.807) is 0 Å². The van der Waals surface area contributed by atoms with Crippen molar-refractivity contribution in [1.82, 2.24) is 9.55 Å². The van der Waals surface area contributed by atoms with Gasteiger partial charge in [0.05, 0.1) is 12.1 Å². The van der Waals surface area contributed by atoms with Gasteiger partial charge in [0.15, 0.2) is 11.6 Å². The van der Waals surface area contributed by atoms with Gasteiger partial charge in [0, 0.05) is 0 Å². The first-order chi connectivity index (χ1) is 9.56. The Morgan fingerprint density at radius 3 is 2.75 bits per heavy atom. The van der Waals surface area contributed by atoms with Crippen LogP contribution in [-0.4, -0.2) is 9.55 Å². The number of benzene rings is 2. The molecule has 0 saturated carbocycles. The molecule has 0 amide bonds. The molecule has 2 N–H and O–H groups in total. The fourth-order valence-corrected chi connectivity index (χ4v) is 2.33. The second-order valence-electron chi connectivity index (χ2n) is 4.77. The van der Waals surface area contributed by atoms with Crippen molar-refractivity contribution in [3.63, 3.8) is 0 Å². The highest BCUT2D eigenvalue weighted by Gasteiger charge is 2.16. The number of imidazole rings is 1. The van der Waals surface area contributed by atoms with Crippen LogP contribution < -0.4 is 5.73 Å². The van der Waals surface area contributed by atoms with Crippen LogP contribution in [0.4, 0.5) is 14.7 Å². The summed E-state index contributed by atoms with van der Waals surface area (Å²) in [6, 6.07) is 10.3. The molecule has 3 rings (SSSR count). The highest BCUT2D eigenvalue weighted by atomic mass is 19.2. The van der Waals surface area contributed by atoms with Gasteiger partial charge in [0.25, 0.3) is 0 Å². The molecule has 1 aromatic heterocycles. The van der Waals surface area contributed by atoms with Crippen LogP contribution in [-0.2, 0) is 6.54 Å². The van der Waals surface area contributed by atoms with Crippen molar-refractivity contribution in [1.29, 1.82) is 0 Å². The molecule has 0 atom stereocenters. The second kappa shape index (κ2) is 4.59. The molecule has 20 heavy (non-hydrogen) atoms. The zero-order valence-electron chi connectivity index (χ0n) is 10.9. The number of aromatic nitrogens is 2. The van der Waals surface area contributed by atoms with Crippen molar-refractivity contribution in [2.45, 2.75) is 13.5 Å². The summed E-state index contributed by atoms with van der Waals surface area (Å²) in [4.78, 5) is 4.07. The summed E-state index contributed by atoms with van der Waals surface area (Å²) in [5, 5.41) is 0. The molecule has 0 saturated heterocycles. The maximum atomic E-state index is 14.0. The highest BCUT2D eigenvalue weighted by molar-refractivity contribution is 5.79. The average molecular weight is 273 g/mol. The van der Waals surface area contributed by atoms with E-state index in [1.165, 1.54) is 10.6 Å². The summed E-state index contributed by atoms with van der Waals surface area (Å²) in [5.74, 6) is -1.65. The molecule has 0 unspecified atom stereocenters. The molecule has 0 aliphatic carbocycles. The van der Waals surface area contributed by atoms with Crippen molar-refractivity contribution >= 4 is 17.0 Å². The summed E-state index contributed by atoms with van der Waals surface area (Å²) < 4.78 is 28.8. The van der Waals surface area contributed by atoms with Gasteiger partial charge < -0.3 is 10.3 Å². The molecule has 2 aromatic carbocycles. The number of nitrogens with zero attached hydrogens (tertiary/aromatic N) is 2. The second-order valence-corrected chi connectivity index (χ2v) is 4.77. The van der Waals surface area contributed by atoms with E-state index in [1.807, 2.05) is 31.2 Å². The Morgan fingerprint density at radius 2 is 2.00 bits per heavy atom. The van der Waals surface area contributed by atoms with Crippen LogP contribution in [0.5, 0.6) is 0 Å². The lowest BCUT2D eigenvalue weighted by molar-refractivity contribution is 0.512. The Hall–Kier alpha value is -2.43. The zero-order valence-corrected chi connectivity index (χ0v) is 10.9. The lowest BCUT2D eigenvalue weighted by Crippen LogP contribution is -2.06. The van der Waals surface area contributed by atoms with Gasteiger partial charge >= 0.3 is 0 Å². The van der Waals surface area contributed by atoms with Gasteiger partial charge in [-0.25, -0.2) is 13.8 Å². The maximum absolute atomic E-state index is 14.0. The van der Waals surface area contributed by atoms with E-state index in [4.69, 9.17) is 5.73 Å². The van der Waals surface area contributed by atoms with Gasteiger partial charge in [-0.05, 0) is 24.6 Å².